The number of H-pyrrole nitrogens is 1. The number of nitrogens with zero attached hydrogens (tertiary/aromatic N) is 3. The van der Waals surface area contributed by atoms with Crippen molar-refractivity contribution in [2.24, 2.45) is 0 Å². The second-order valence-corrected chi connectivity index (χ2v) is 11.6. The van der Waals surface area contributed by atoms with Gasteiger partial charge in [-0.05, 0) is 43.0 Å². The predicted molar refractivity (Wildman–Crippen MR) is 165 cm³/mol. The van der Waals surface area contributed by atoms with E-state index in [4.69, 9.17) is 4.74 Å². The number of carbonyl (C=O) groups is 5. The molecule has 1 saturated heterocycles. The first-order valence-corrected chi connectivity index (χ1v) is 15.1. The summed E-state index contributed by atoms with van der Waals surface area (Å²) in [5.41, 5.74) is 1.98. The van der Waals surface area contributed by atoms with Gasteiger partial charge in [0, 0.05) is 50.7 Å². The molecule has 1 aromatic heterocycles. The quantitative estimate of drug-likeness (QED) is 0.333. The number of aromatic nitrogens is 1. The molecule has 4 N–H and O–H groups in total. The average Bonchev–Trinajstić information content (AvgIpc) is 3.64. The molecule has 0 spiro atoms. The summed E-state index contributed by atoms with van der Waals surface area (Å²) in [5.74, 6) is -2.24. The van der Waals surface area contributed by atoms with E-state index in [-0.39, 0.29) is 43.7 Å². The lowest BCUT2D eigenvalue weighted by Gasteiger charge is -2.29. The zero-order valence-electron chi connectivity index (χ0n) is 25.6. The van der Waals surface area contributed by atoms with E-state index in [2.05, 4.69) is 15.6 Å². The molecular formula is C32H37FN6O7. The highest BCUT2D eigenvalue weighted by Gasteiger charge is 2.43. The Labute approximate surface area is 264 Å². The second kappa shape index (κ2) is 13.9. The second-order valence-electron chi connectivity index (χ2n) is 11.6. The number of carboxylic acid groups (broad SMARTS) is 1. The molecule has 3 aromatic rings. The Balaban J connectivity index is 1.38. The van der Waals surface area contributed by atoms with Crippen molar-refractivity contribution >= 4 is 40.6 Å². The van der Waals surface area contributed by atoms with Gasteiger partial charge >= 0.3 is 6.09 Å². The summed E-state index contributed by atoms with van der Waals surface area (Å²) in [5, 5.41) is 15.4. The van der Waals surface area contributed by atoms with Gasteiger partial charge < -0.3 is 40.2 Å². The van der Waals surface area contributed by atoms with Crippen molar-refractivity contribution in [3.8, 4) is 5.75 Å². The first-order chi connectivity index (χ1) is 22.0. The van der Waals surface area contributed by atoms with Gasteiger partial charge in [0.15, 0.2) is 0 Å². The van der Waals surface area contributed by atoms with Crippen LogP contribution in [-0.2, 0) is 20.8 Å². The van der Waals surface area contributed by atoms with E-state index in [1.807, 2.05) is 30.5 Å². The van der Waals surface area contributed by atoms with Crippen molar-refractivity contribution in [1.82, 2.24) is 30.3 Å². The Morgan fingerprint density at radius 1 is 1.07 bits per heavy atom. The number of hydrogen-bond donors (Lipinski definition) is 4. The third-order valence-electron chi connectivity index (χ3n) is 8.54. The lowest BCUT2D eigenvalue weighted by molar-refractivity contribution is -0.142. The van der Waals surface area contributed by atoms with Crippen molar-refractivity contribution in [1.29, 1.82) is 0 Å². The molecular weight excluding hydrogens is 599 g/mol. The summed E-state index contributed by atoms with van der Waals surface area (Å²) in [7, 11) is 2.85. The number of nitrogens with one attached hydrogen (secondary N) is 3. The largest absolute Gasteiger partial charge is 0.465 e. The Hall–Kier alpha value is -5.14. The number of aromatic amines is 1. The molecule has 1 unspecified atom stereocenters. The van der Waals surface area contributed by atoms with Gasteiger partial charge in [-0.2, -0.15) is 4.39 Å². The van der Waals surface area contributed by atoms with Gasteiger partial charge in [0.2, 0.25) is 17.7 Å². The first-order valence-electron chi connectivity index (χ1n) is 15.1. The molecule has 14 heteroatoms. The SMILES string of the molecule is CN1CC(=O)N2C[C@@H](NC(=O)O)C[C@H]2C(F)Oc2ccccc2C(=O)N(C)[C@H](C(=O)NCCc2c[nH]c3ccccc23)CCC1=O. The molecule has 3 heterocycles. The maximum Gasteiger partial charge on any atom is 0.404 e. The highest BCUT2D eigenvalue weighted by Crippen LogP contribution is 2.29. The number of alkyl halides is 1. The molecule has 2 aliphatic heterocycles. The van der Waals surface area contributed by atoms with E-state index >= 15 is 4.39 Å². The van der Waals surface area contributed by atoms with Crippen LogP contribution in [0.2, 0.25) is 0 Å². The lowest BCUT2D eigenvalue weighted by atomic mass is 10.1. The Kier molecular flexibility index (Phi) is 9.73. The van der Waals surface area contributed by atoms with Crippen LogP contribution in [0.15, 0.2) is 54.7 Å². The third kappa shape index (κ3) is 7.05. The molecule has 0 saturated carbocycles. The number of rotatable bonds is 5. The maximum atomic E-state index is 15.8. The van der Waals surface area contributed by atoms with Crippen molar-refractivity contribution in [2.45, 2.75) is 50.2 Å². The van der Waals surface area contributed by atoms with Crippen LogP contribution >= 0.6 is 0 Å². The molecule has 5 rings (SSSR count). The standard InChI is InChI=1S/C32H37FN6O7/c1-37-18-28(41)39-17-20(36-32(44)45)15-25(39)29(33)46-26-10-6-4-8-22(26)31(43)38(2)24(11-12-27(37)40)30(42)34-14-13-19-16-35-23-9-5-3-7-21(19)23/h3-10,16,20,24-25,29,35-36H,11-15,17-18H2,1-2H3,(H,34,42)(H,44,45)/t20-,24-,25-,29?/m0/s1. The van der Waals surface area contributed by atoms with Crippen LogP contribution in [0.25, 0.3) is 10.9 Å². The summed E-state index contributed by atoms with van der Waals surface area (Å²) in [6, 6.07) is 10.8. The van der Waals surface area contributed by atoms with E-state index in [0.717, 1.165) is 21.4 Å². The number of halogens is 1. The Morgan fingerprint density at radius 2 is 1.80 bits per heavy atom. The summed E-state index contributed by atoms with van der Waals surface area (Å²) in [6.45, 7) is -0.236. The van der Waals surface area contributed by atoms with E-state index in [0.29, 0.717) is 6.42 Å². The topological polar surface area (TPSA) is 164 Å². The first kappa shape index (κ1) is 32.3. The number of likely N-dealkylation sites (N-methyl/N-ethyl adjacent to an activating group) is 2. The van der Waals surface area contributed by atoms with Gasteiger partial charge in [-0.3, -0.25) is 19.2 Å². The van der Waals surface area contributed by atoms with Crippen molar-refractivity contribution in [3.05, 3.63) is 65.9 Å². The lowest BCUT2D eigenvalue weighted by Crippen LogP contribution is -2.49. The zero-order valence-corrected chi connectivity index (χ0v) is 25.6. The number of fused-ring (bicyclic) bond motifs is 3. The molecule has 0 aliphatic carbocycles. The van der Waals surface area contributed by atoms with Crippen molar-refractivity contribution in [2.75, 3.05) is 33.7 Å². The van der Waals surface area contributed by atoms with Gasteiger partial charge in [-0.25, -0.2) is 4.79 Å². The molecule has 46 heavy (non-hydrogen) atoms. The summed E-state index contributed by atoms with van der Waals surface area (Å²) < 4.78 is 21.5. The smallest absolute Gasteiger partial charge is 0.404 e. The number of benzene rings is 2. The van der Waals surface area contributed by atoms with Crippen LogP contribution in [-0.4, -0.2) is 113 Å². The molecule has 0 radical (unpaired) electrons. The maximum absolute atomic E-state index is 15.8. The fourth-order valence-corrected chi connectivity index (χ4v) is 6.07. The van der Waals surface area contributed by atoms with Gasteiger partial charge in [-0.15, -0.1) is 0 Å². The van der Waals surface area contributed by atoms with Gasteiger partial charge in [-0.1, -0.05) is 30.3 Å². The minimum atomic E-state index is -2.13. The van der Waals surface area contributed by atoms with Gasteiger partial charge in [0.05, 0.1) is 18.2 Å². The number of hydrogen-bond acceptors (Lipinski definition) is 6. The number of ether oxygens (including phenoxy) is 1. The Morgan fingerprint density at radius 3 is 2.59 bits per heavy atom. The van der Waals surface area contributed by atoms with Crippen LogP contribution < -0.4 is 15.4 Å². The van der Waals surface area contributed by atoms with Crippen LogP contribution in [0, 0.1) is 0 Å². The highest BCUT2D eigenvalue weighted by molar-refractivity contribution is 5.99. The van der Waals surface area contributed by atoms with E-state index in [1.165, 1.54) is 36.0 Å². The van der Waals surface area contributed by atoms with Crippen LogP contribution in [0.5, 0.6) is 5.75 Å². The fourth-order valence-electron chi connectivity index (χ4n) is 6.07. The molecule has 4 atom stereocenters. The molecule has 13 nitrogen and oxygen atoms in total. The number of para-hydroxylation sites is 2. The third-order valence-corrected chi connectivity index (χ3v) is 8.54. The van der Waals surface area contributed by atoms with E-state index < -0.39 is 60.7 Å². The number of amides is 5. The summed E-state index contributed by atoms with van der Waals surface area (Å²) >= 11 is 0. The highest BCUT2D eigenvalue weighted by atomic mass is 19.1. The monoisotopic (exact) mass is 636 g/mol. The van der Waals surface area contributed by atoms with Crippen molar-refractivity contribution in [3.63, 3.8) is 0 Å². The minimum Gasteiger partial charge on any atom is -0.465 e. The summed E-state index contributed by atoms with van der Waals surface area (Å²) in [6.07, 6.45) is -1.30. The molecule has 0 bridgehead atoms. The fraction of sp³-hybridized carbons (Fsp3) is 0.406. The zero-order chi connectivity index (χ0) is 33.0. The molecule has 244 valence electrons. The number of carbonyl (C=O) groups excluding carboxylic acids is 4. The molecule has 2 aromatic carbocycles. The van der Waals surface area contributed by atoms with Crippen LogP contribution in [0.1, 0.15) is 35.2 Å². The van der Waals surface area contributed by atoms with Crippen molar-refractivity contribution < 1.29 is 38.2 Å². The normalized spacial score (nSPS) is 22.8. The van der Waals surface area contributed by atoms with Gasteiger partial charge in [0.1, 0.15) is 17.8 Å². The molecule has 2 aliphatic rings. The van der Waals surface area contributed by atoms with E-state index in [1.54, 1.807) is 12.1 Å². The van der Waals surface area contributed by atoms with Gasteiger partial charge in [0.25, 0.3) is 12.3 Å². The van der Waals surface area contributed by atoms with Crippen LogP contribution in [0.4, 0.5) is 9.18 Å². The minimum absolute atomic E-state index is 0.0151. The molecule has 5 amide bonds. The van der Waals surface area contributed by atoms with Crippen LogP contribution in [0.3, 0.4) is 0 Å². The molecule has 1 fully saturated rings. The Bertz CT molecular complexity index is 1630. The van der Waals surface area contributed by atoms with E-state index in [9.17, 15) is 29.1 Å². The average molecular weight is 637 g/mol. The predicted octanol–water partition coefficient (Wildman–Crippen LogP) is 2.13. The summed E-state index contributed by atoms with van der Waals surface area (Å²) in [4.78, 5) is 71.8.